The van der Waals surface area contributed by atoms with Crippen LogP contribution < -0.4 is 10.6 Å². The second kappa shape index (κ2) is 6.55. The first-order valence-corrected chi connectivity index (χ1v) is 5.96. The first kappa shape index (κ1) is 14.7. The summed E-state index contributed by atoms with van der Waals surface area (Å²) in [4.78, 5) is 22.6. The zero-order valence-corrected chi connectivity index (χ0v) is 10.7. The molecule has 1 saturated heterocycles. The predicted octanol–water partition coefficient (Wildman–Crippen LogP) is -0.0457. The molecular formula is C11H20N2O5. The van der Waals surface area contributed by atoms with Crippen molar-refractivity contribution in [1.82, 2.24) is 10.6 Å². The van der Waals surface area contributed by atoms with Gasteiger partial charge in [-0.1, -0.05) is 6.92 Å². The van der Waals surface area contributed by atoms with Gasteiger partial charge in [-0.05, 0) is 13.3 Å². The molecule has 3 N–H and O–H groups in total. The van der Waals surface area contributed by atoms with E-state index < -0.39 is 17.5 Å². The number of ether oxygens (including phenoxy) is 2. The van der Waals surface area contributed by atoms with Crippen molar-refractivity contribution in [3.63, 3.8) is 0 Å². The highest BCUT2D eigenvalue weighted by molar-refractivity contribution is 5.85. The molecule has 0 saturated carbocycles. The van der Waals surface area contributed by atoms with Crippen LogP contribution in [0.5, 0.6) is 0 Å². The number of carbonyl (C=O) groups excluding carboxylic acids is 1. The first-order valence-electron chi connectivity index (χ1n) is 5.96. The molecule has 0 radical (unpaired) electrons. The van der Waals surface area contributed by atoms with Gasteiger partial charge in [0.05, 0.1) is 25.9 Å². The maximum atomic E-state index is 11.6. The van der Waals surface area contributed by atoms with E-state index in [1.54, 1.807) is 6.92 Å². The van der Waals surface area contributed by atoms with Gasteiger partial charge in [-0.2, -0.15) is 0 Å². The van der Waals surface area contributed by atoms with Gasteiger partial charge in [-0.25, -0.2) is 9.59 Å². The zero-order valence-electron chi connectivity index (χ0n) is 10.7. The Bertz CT molecular complexity index is 304. The summed E-state index contributed by atoms with van der Waals surface area (Å²) in [6, 6.07) is -0.518. The van der Waals surface area contributed by atoms with Gasteiger partial charge in [0.15, 0.2) is 0 Å². The van der Waals surface area contributed by atoms with Gasteiger partial charge >= 0.3 is 12.0 Å². The maximum absolute atomic E-state index is 11.6. The number of hydrogen-bond donors (Lipinski definition) is 3. The SMILES string of the molecule is CCC(C)(NC(=O)NCC1COCCO1)C(=O)O. The molecule has 2 unspecified atom stereocenters. The molecule has 1 rings (SSSR count). The van der Waals surface area contributed by atoms with E-state index >= 15 is 0 Å². The fourth-order valence-electron chi connectivity index (χ4n) is 1.45. The lowest BCUT2D eigenvalue weighted by molar-refractivity contribution is -0.143. The summed E-state index contributed by atoms with van der Waals surface area (Å²) >= 11 is 0. The van der Waals surface area contributed by atoms with Crippen molar-refractivity contribution in [2.45, 2.75) is 31.9 Å². The Morgan fingerprint density at radius 1 is 1.44 bits per heavy atom. The first-order chi connectivity index (χ1) is 8.48. The minimum absolute atomic E-state index is 0.179. The van der Waals surface area contributed by atoms with Crippen molar-refractivity contribution < 1.29 is 24.2 Å². The van der Waals surface area contributed by atoms with Crippen molar-refractivity contribution in [2.75, 3.05) is 26.4 Å². The molecule has 1 heterocycles. The summed E-state index contributed by atoms with van der Waals surface area (Å²) in [6.45, 7) is 4.97. The van der Waals surface area contributed by atoms with E-state index in [0.29, 0.717) is 32.8 Å². The summed E-state index contributed by atoms with van der Waals surface area (Å²) in [6.07, 6.45) is 0.126. The van der Waals surface area contributed by atoms with E-state index in [4.69, 9.17) is 14.6 Å². The van der Waals surface area contributed by atoms with Crippen LogP contribution in [0.2, 0.25) is 0 Å². The number of urea groups is 1. The number of carbonyl (C=O) groups is 2. The molecule has 2 atom stereocenters. The second-order valence-corrected chi connectivity index (χ2v) is 4.39. The van der Waals surface area contributed by atoms with E-state index in [1.165, 1.54) is 6.92 Å². The summed E-state index contributed by atoms with van der Waals surface area (Å²) < 4.78 is 10.5. The molecular weight excluding hydrogens is 240 g/mol. The molecule has 0 bridgehead atoms. The quantitative estimate of drug-likeness (QED) is 0.644. The van der Waals surface area contributed by atoms with Gasteiger partial charge in [0, 0.05) is 6.54 Å². The lowest BCUT2D eigenvalue weighted by Gasteiger charge is -2.26. The average molecular weight is 260 g/mol. The fourth-order valence-corrected chi connectivity index (χ4v) is 1.45. The van der Waals surface area contributed by atoms with Crippen molar-refractivity contribution in [3.8, 4) is 0 Å². The van der Waals surface area contributed by atoms with Crippen molar-refractivity contribution in [1.29, 1.82) is 0 Å². The smallest absolute Gasteiger partial charge is 0.329 e. The van der Waals surface area contributed by atoms with Crippen molar-refractivity contribution in [3.05, 3.63) is 0 Å². The number of aliphatic carboxylic acids is 1. The highest BCUT2D eigenvalue weighted by Crippen LogP contribution is 2.08. The van der Waals surface area contributed by atoms with Gasteiger partial charge in [0.1, 0.15) is 5.54 Å². The van der Waals surface area contributed by atoms with Crippen LogP contribution in [0.25, 0.3) is 0 Å². The molecule has 104 valence electrons. The maximum Gasteiger partial charge on any atom is 0.329 e. The normalized spacial score (nSPS) is 22.9. The van der Waals surface area contributed by atoms with E-state index in [2.05, 4.69) is 10.6 Å². The van der Waals surface area contributed by atoms with Crippen LogP contribution in [0, 0.1) is 0 Å². The number of carboxylic acids is 1. The molecule has 1 fully saturated rings. The molecule has 2 amide bonds. The minimum atomic E-state index is -1.26. The number of hydrogen-bond acceptors (Lipinski definition) is 4. The van der Waals surface area contributed by atoms with Crippen LogP contribution >= 0.6 is 0 Å². The number of rotatable bonds is 5. The summed E-state index contributed by atoms with van der Waals surface area (Å²) in [5, 5.41) is 14.0. The van der Waals surface area contributed by atoms with Gasteiger partial charge in [0.2, 0.25) is 0 Å². The van der Waals surface area contributed by atoms with E-state index in [9.17, 15) is 9.59 Å². The predicted molar refractivity (Wildman–Crippen MR) is 63.4 cm³/mol. The van der Waals surface area contributed by atoms with Crippen LogP contribution in [-0.2, 0) is 14.3 Å². The van der Waals surface area contributed by atoms with E-state index in [1.807, 2.05) is 0 Å². The zero-order chi connectivity index (χ0) is 13.6. The Kier molecular flexibility index (Phi) is 5.36. The third kappa shape index (κ3) is 4.15. The van der Waals surface area contributed by atoms with Crippen LogP contribution in [0.4, 0.5) is 4.79 Å². The monoisotopic (exact) mass is 260 g/mol. The van der Waals surface area contributed by atoms with E-state index in [0.717, 1.165) is 0 Å². The molecule has 1 aliphatic heterocycles. The summed E-state index contributed by atoms with van der Waals surface area (Å²) in [7, 11) is 0. The Hall–Kier alpha value is -1.34. The average Bonchev–Trinajstić information content (AvgIpc) is 2.37. The van der Waals surface area contributed by atoms with Crippen molar-refractivity contribution in [2.24, 2.45) is 0 Å². The molecule has 7 heteroatoms. The lowest BCUT2D eigenvalue weighted by Crippen LogP contribution is -2.56. The Balaban J connectivity index is 2.34. The topological polar surface area (TPSA) is 96.9 Å². The molecule has 0 spiro atoms. The molecule has 0 aromatic heterocycles. The summed E-state index contributed by atoms with van der Waals surface area (Å²) in [5.74, 6) is -1.06. The molecule has 1 aliphatic rings. The number of nitrogens with one attached hydrogen (secondary N) is 2. The molecule has 18 heavy (non-hydrogen) atoms. The van der Waals surface area contributed by atoms with Gasteiger partial charge in [-0.15, -0.1) is 0 Å². The third-order valence-corrected chi connectivity index (χ3v) is 2.94. The van der Waals surface area contributed by atoms with Gasteiger partial charge in [0.25, 0.3) is 0 Å². The molecule has 0 aromatic rings. The van der Waals surface area contributed by atoms with Crippen LogP contribution in [-0.4, -0.2) is 55.1 Å². The molecule has 7 nitrogen and oxygen atoms in total. The Labute approximate surface area is 106 Å². The van der Waals surface area contributed by atoms with E-state index in [-0.39, 0.29) is 6.10 Å². The Morgan fingerprint density at radius 3 is 2.67 bits per heavy atom. The highest BCUT2D eigenvalue weighted by Gasteiger charge is 2.32. The second-order valence-electron chi connectivity index (χ2n) is 4.39. The molecule has 0 aliphatic carbocycles. The fraction of sp³-hybridized carbons (Fsp3) is 0.818. The van der Waals surface area contributed by atoms with Crippen LogP contribution in [0.1, 0.15) is 20.3 Å². The van der Waals surface area contributed by atoms with Gasteiger partial charge in [-0.3, -0.25) is 0 Å². The minimum Gasteiger partial charge on any atom is -0.480 e. The number of carboxylic acid groups (broad SMARTS) is 1. The van der Waals surface area contributed by atoms with Crippen molar-refractivity contribution >= 4 is 12.0 Å². The molecule has 0 aromatic carbocycles. The summed E-state index contributed by atoms with van der Waals surface area (Å²) in [5.41, 5.74) is -1.26. The number of amides is 2. The Morgan fingerprint density at radius 2 is 2.17 bits per heavy atom. The van der Waals surface area contributed by atoms with Gasteiger partial charge < -0.3 is 25.2 Å². The third-order valence-electron chi connectivity index (χ3n) is 2.94. The van der Waals surface area contributed by atoms with Crippen LogP contribution in [0.15, 0.2) is 0 Å². The lowest BCUT2D eigenvalue weighted by atomic mass is 10.00. The largest absolute Gasteiger partial charge is 0.480 e. The highest BCUT2D eigenvalue weighted by atomic mass is 16.6. The van der Waals surface area contributed by atoms with Crippen LogP contribution in [0.3, 0.4) is 0 Å². The standard InChI is InChI=1S/C11H20N2O5/c1-3-11(2,9(14)15)13-10(16)12-6-8-7-17-4-5-18-8/h8H,3-7H2,1-2H3,(H,14,15)(H2,12,13,16).